The Morgan fingerprint density at radius 1 is 0.690 bits per heavy atom. The highest BCUT2D eigenvalue weighted by atomic mass is 33.1. The van der Waals surface area contributed by atoms with E-state index < -0.39 is 176 Å². The van der Waals surface area contributed by atoms with Gasteiger partial charge in [-0.3, -0.25) is 42.7 Å². The highest BCUT2D eigenvalue weighted by Crippen LogP contribution is 2.66. The van der Waals surface area contributed by atoms with Gasteiger partial charge >= 0.3 is 59.0 Å². The fourth-order valence-corrected chi connectivity index (χ4v) is 11.1. The lowest BCUT2D eigenvalue weighted by Crippen LogP contribution is -2.51. The SMILES string of the molecule is CC(O)C(COP(=O)(O)OP(=O)(O)OP(=O)(O)O)OCn1cc(C#CCNC(=O)CCSSCC(N)C(=O)NCCCCCC(=O)NC(CC(=O)NC(CC(=O)NC(CC(=O)NC(CC(=O)O)C(=O)O)C(=O)O)C(=O)O)C(=O)O)c(N)nc1=O. The maximum absolute atomic E-state index is 12.6. The molecule has 0 radical (unpaired) electrons. The Morgan fingerprint density at radius 2 is 1.20 bits per heavy atom. The first kappa shape index (κ1) is 75.4. The number of anilines is 1. The van der Waals surface area contributed by atoms with Crippen molar-refractivity contribution in [1.29, 1.82) is 0 Å². The minimum atomic E-state index is -5.83. The average molecular weight is 1300 g/mol. The van der Waals surface area contributed by atoms with Crippen molar-refractivity contribution in [3.8, 4) is 11.8 Å². The number of carbonyl (C=O) groups excluding carboxylic acids is 6. The highest BCUT2D eigenvalue weighted by molar-refractivity contribution is 8.76. The van der Waals surface area contributed by atoms with Crippen LogP contribution in [0.25, 0.3) is 0 Å². The number of aliphatic hydroxyl groups excluding tert-OH is 1. The molecule has 0 fully saturated rings. The van der Waals surface area contributed by atoms with Crippen molar-refractivity contribution in [1.82, 2.24) is 41.5 Å². The molecule has 6 amide bonds. The third kappa shape index (κ3) is 33.0. The molecule has 1 aromatic rings. The van der Waals surface area contributed by atoms with Gasteiger partial charge < -0.3 is 98.3 Å². The fraction of sp³-hybridized carbons (Fsp3) is 0.575. The van der Waals surface area contributed by atoms with Crippen molar-refractivity contribution in [3.63, 3.8) is 0 Å². The number of nitrogens with two attached hydrogens (primary N) is 2. The van der Waals surface area contributed by atoms with Gasteiger partial charge in [0.05, 0.1) is 56.5 Å². The van der Waals surface area contributed by atoms with Gasteiger partial charge in [-0.15, -0.1) is 0 Å². The van der Waals surface area contributed by atoms with E-state index in [1.807, 2.05) is 10.6 Å². The lowest BCUT2D eigenvalue weighted by atomic mass is 10.1. The number of phosphoric acid groups is 3. The molecule has 9 atom stereocenters. The summed E-state index contributed by atoms with van der Waals surface area (Å²) in [6.07, 6.45) is -5.59. The summed E-state index contributed by atoms with van der Waals surface area (Å²) in [5, 5.41) is 69.1. The van der Waals surface area contributed by atoms with Gasteiger partial charge in [-0.1, -0.05) is 39.8 Å². The molecular weight excluding hydrogens is 1240 g/mol. The zero-order valence-electron chi connectivity index (χ0n) is 43.7. The molecule has 1 heterocycles. The topological polar surface area (TPSA) is 637 Å². The highest BCUT2D eigenvalue weighted by Gasteiger charge is 2.41. The number of nitrogens with one attached hydrogen (secondary N) is 6. The summed E-state index contributed by atoms with van der Waals surface area (Å²) in [6.45, 7) is -0.663. The van der Waals surface area contributed by atoms with Crippen molar-refractivity contribution < 1.29 is 135 Å². The molecule has 0 aromatic carbocycles. The molecule has 1 rings (SSSR count). The summed E-state index contributed by atoms with van der Waals surface area (Å²) in [5.41, 5.74) is 10.7. The second-order valence-electron chi connectivity index (χ2n) is 16.9. The molecular formula is C40H61N10O29P3S2. The van der Waals surface area contributed by atoms with Crippen molar-refractivity contribution in [2.24, 2.45) is 5.73 Å². The summed E-state index contributed by atoms with van der Waals surface area (Å²) in [6, 6.07) is -8.93. The predicted octanol–water partition coefficient (Wildman–Crippen LogP) is -4.94. The molecule has 0 saturated carbocycles. The Labute approximate surface area is 481 Å². The number of carboxylic acid groups (broad SMARTS) is 5. The monoisotopic (exact) mass is 1300 g/mol. The number of rotatable bonds is 41. The molecule has 9 unspecified atom stereocenters. The number of hydrogen-bond donors (Lipinski definition) is 18. The second kappa shape index (κ2) is 37.0. The van der Waals surface area contributed by atoms with E-state index in [0.29, 0.717) is 18.6 Å². The van der Waals surface area contributed by atoms with E-state index in [4.69, 9.17) is 36.2 Å². The number of ether oxygens (including phenoxy) is 1. The average Bonchev–Trinajstić information content (AvgIpc) is 3.48. The first-order chi connectivity index (χ1) is 38.9. The number of carboxylic acids is 5. The lowest BCUT2D eigenvalue weighted by molar-refractivity contribution is -0.148. The molecule has 84 heavy (non-hydrogen) atoms. The Bertz CT molecular complexity index is 2810. The number of aliphatic carboxylic acids is 5. The van der Waals surface area contributed by atoms with E-state index in [9.17, 15) is 101 Å². The van der Waals surface area contributed by atoms with Crippen LogP contribution in [0.5, 0.6) is 0 Å². The number of nitrogens with zero attached hydrogens (tertiary/aromatic N) is 2. The van der Waals surface area contributed by atoms with Crippen molar-refractivity contribution >= 4 is 116 Å². The molecule has 0 aliphatic heterocycles. The van der Waals surface area contributed by atoms with Gasteiger partial charge in [0.1, 0.15) is 42.8 Å². The second-order valence-corrected chi connectivity index (χ2v) is 24.0. The number of phosphoric ester groups is 1. The predicted molar refractivity (Wildman–Crippen MR) is 283 cm³/mol. The van der Waals surface area contributed by atoms with Crippen molar-refractivity contribution in [3.05, 3.63) is 22.2 Å². The van der Waals surface area contributed by atoms with Crippen LogP contribution in [0.4, 0.5) is 5.82 Å². The largest absolute Gasteiger partial charge is 0.490 e. The van der Waals surface area contributed by atoms with Gasteiger partial charge in [0.15, 0.2) is 0 Å². The first-order valence-corrected chi connectivity index (χ1v) is 30.7. The van der Waals surface area contributed by atoms with Gasteiger partial charge in [0, 0.05) is 37.1 Å². The van der Waals surface area contributed by atoms with Crippen LogP contribution < -0.4 is 49.1 Å². The standard InChI is InChI=1S/C40H61N10O29P3S2/c1-20(51)27(17-77-81(72,73)79-82(74,75)78-80(69,70)71)76-19-50-16-21(34(42)49-40(50)68)6-5-10-43-28(52)8-11-83-84-18-22(41)35(59)44-9-4-2-3-7-29(53)45-23(36(60)61)12-30(54)46-24(37(62)63)13-31(55)47-25(38(64)65)14-32(56)48-26(39(66)67)15-33(57)58/h16,20,22-27,51H,2-4,7-15,17-19,41H2,1H3,(H,43,52)(H,44,59)(H,45,53)(H,46,54)(H,47,55)(H,48,56)(H,57,58)(H,60,61)(H,62,63)(H,64,65)(H,66,67)(H,72,73)(H,74,75)(H2,42,49,68)(H2,69,70,71). The molecule has 0 bridgehead atoms. The van der Waals surface area contributed by atoms with Crippen LogP contribution in [0.1, 0.15) is 70.3 Å². The first-order valence-electron chi connectivity index (χ1n) is 23.7. The smallest absolute Gasteiger partial charge is 0.481 e. The van der Waals surface area contributed by atoms with E-state index in [0.717, 1.165) is 17.7 Å². The molecule has 472 valence electrons. The van der Waals surface area contributed by atoms with Gasteiger partial charge in [-0.05, 0) is 19.8 Å². The molecule has 44 heteroatoms. The molecule has 39 nitrogen and oxygen atoms in total. The molecule has 1 aromatic heterocycles. The zero-order chi connectivity index (χ0) is 64.1. The number of carbonyl (C=O) groups is 11. The summed E-state index contributed by atoms with van der Waals surface area (Å²) >= 11 is 0. The Kier molecular flexibility index (Phi) is 33.2. The van der Waals surface area contributed by atoms with Crippen LogP contribution >= 0.6 is 45.1 Å². The van der Waals surface area contributed by atoms with Gasteiger partial charge in [-0.25, -0.2) is 37.7 Å². The third-order valence-electron chi connectivity index (χ3n) is 9.94. The van der Waals surface area contributed by atoms with Crippen LogP contribution in [0.3, 0.4) is 0 Å². The van der Waals surface area contributed by atoms with E-state index in [1.165, 1.54) is 21.6 Å². The third-order valence-corrected chi connectivity index (χ3v) is 16.2. The number of aromatic nitrogens is 2. The van der Waals surface area contributed by atoms with Crippen LogP contribution in [-0.4, -0.2) is 199 Å². The number of hydrogen-bond acceptors (Lipinski definition) is 25. The molecule has 0 aliphatic carbocycles. The Morgan fingerprint density at radius 3 is 1.69 bits per heavy atom. The number of aliphatic hydroxyl groups is 1. The lowest BCUT2D eigenvalue weighted by Gasteiger charge is -2.22. The van der Waals surface area contributed by atoms with E-state index in [2.05, 4.69) is 45.9 Å². The molecule has 0 saturated heterocycles. The zero-order valence-corrected chi connectivity index (χ0v) is 48.0. The maximum atomic E-state index is 12.6. The minimum Gasteiger partial charge on any atom is -0.481 e. The molecule has 0 aliphatic rings. The van der Waals surface area contributed by atoms with Crippen molar-refractivity contribution in [2.45, 2.75) is 114 Å². The van der Waals surface area contributed by atoms with Gasteiger partial charge in [-0.2, -0.15) is 13.6 Å². The van der Waals surface area contributed by atoms with Gasteiger partial charge in [0.25, 0.3) is 0 Å². The van der Waals surface area contributed by atoms with Crippen LogP contribution in [0.15, 0.2) is 11.0 Å². The van der Waals surface area contributed by atoms with E-state index >= 15 is 0 Å². The number of nitrogen functional groups attached to an aromatic ring is 1. The Hall–Kier alpha value is -6.60. The summed E-state index contributed by atoms with van der Waals surface area (Å²) in [4.78, 5) is 184. The van der Waals surface area contributed by atoms with Crippen LogP contribution in [0.2, 0.25) is 0 Å². The molecule has 20 N–H and O–H groups in total. The Balaban J connectivity index is 2.47. The normalized spacial score (nSPS) is 15.2. The fourth-order valence-electron chi connectivity index (χ4n) is 5.92. The summed E-state index contributed by atoms with van der Waals surface area (Å²) < 4.78 is 52.2. The summed E-state index contributed by atoms with van der Waals surface area (Å²) in [5.74, 6) is -9.07. The number of unbranched alkanes of at least 4 members (excludes halogenated alkanes) is 2. The minimum absolute atomic E-state index is 0.0192. The summed E-state index contributed by atoms with van der Waals surface area (Å²) in [7, 11) is -14.6. The maximum Gasteiger partial charge on any atom is 0.490 e. The van der Waals surface area contributed by atoms with E-state index in [1.54, 1.807) is 5.32 Å². The van der Waals surface area contributed by atoms with Crippen molar-refractivity contribution in [2.75, 3.05) is 36.9 Å². The molecule has 0 spiro atoms. The van der Waals surface area contributed by atoms with Crippen LogP contribution in [-0.2, 0) is 91.0 Å². The van der Waals surface area contributed by atoms with Crippen LogP contribution in [0, 0.1) is 11.8 Å². The van der Waals surface area contributed by atoms with Gasteiger partial charge in [0.2, 0.25) is 35.4 Å². The van der Waals surface area contributed by atoms with E-state index in [-0.39, 0.29) is 49.5 Å². The number of amides is 6. The quantitative estimate of drug-likeness (QED) is 0.0126.